The van der Waals surface area contributed by atoms with Gasteiger partial charge in [-0.3, -0.25) is 9.59 Å². The summed E-state index contributed by atoms with van der Waals surface area (Å²) in [5.74, 6) is -0.249. The molecule has 3 rings (SSSR count). The van der Waals surface area contributed by atoms with Crippen molar-refractivity contribution in [3.8, 4) is 11.5 Å². The maximum atomic E-state index is 13.1. The first-order valence-corrected chi connectivity index (χ1v) is 12.2. The molecule has 2 aromatic carbocycles. The van der Waals surface area contributed by atoms with Crippen LogP contribution in [0.5, 0.6) is 11.5 Å². The Balaban J connectivity index is 1.76. The Labute approximate surface area is 220 Å². The van der Waals surface area contributed by atoms with Crippen LogP contribution in [-0.4, -0.2) is 29.4 Å². The van der Waals surface area contributed by atoms with Crippen molar-refractivity contribution in [2.45, 2.75) is 26.4 Å². The van der Waals surface area contributed by atoms with E-state index >= 15 is 0 Å². The number of carbonyl (C=O) groups excluding carboxylic acids is 2. The van der Waals surface area contributed by atoms with Crippen molar-refractivity contribution in [3.63, 3.8) is 0 Å². The second kappa shape index (κ2) is 12.6. The fraction of sp³-hybridized carbons (Fsp3) is 0.240. The van der Waals surface area contributed by atoms with Crippen LogP contribution < -0.4 is 15.4 Å². The summed E-state index contributed by atoms with van der Waals surface area (Å²) in [6, 6.07) is 10.7. The fourth-order valence-electron chi connectivity index (χ4n) is 3.02. The molecule has 0 saturated heterocycles. The van der Waals surface area contributed by atoms with E-state index in [4.69, 9.17) is 21.1 Å². The lowest BCUT2D eigenvalue weighted by atomic mass is 10.1. The molecule has 0 atom stereocenters. The lowest BCUT2D eigenvalue weighted by Crippen LogP contribution is -2.19. The van der Waals surface area contributed by atoms with Crippen LogP contribution in [-0.2, 0) is 20.5 Å². The quantitative estimate of drug-likeness (QED) is 0.171. The molecule has 12 heteroatoms. The number of esters is 1. The molecular formula is C25H23ClF3N3O4S. The van der Waals surface area contributed by atoms with Gasteiger partial charge in [0.2, 0.25) is 0 Å². The third-order valence-electron chi connectivity index (χ3n) is 4.87. The Bertz CT molecular complexity index is 1260. The monoisotopic (exact) mass is 553 g/mol. The number of carbonyl (C=O) groups is 2. The number of ether oxygens (including phenoxy) is 2. The molecular weight excluding hydrogens is 531 g/mol. The number of nitrogens with one attached hydrogen (secondary N) is 2. The van der Waals surface area contributed by atoms with Crippen LogP contribution in [0.2, 0.25) is 5.02 Å². The third-order valence-corrected chi connectivity index (χ3v) is 6.30. The van der Waals surface area contributed by atoms with Crippen molar-refractivity contribution in [1.82, 2.24) is 9.69 Å². The molecule has 0 radical (unpaired) electrons. The van der Waals surface area contributed by atoms with E-state index in [0.29, 0.717) is 27.0 Å². The standard InChI is InChI=1S/C25H23ClF3N3O4S/c1-3-35-21(33)12-13-30-14-20(23(34)31-24-22(26)15(2)32-37-24)16-4-8-18(9-5-16)36-19-10-6-17(7-11-19)25(27,28)29/h4-11,14,30H,3,12-13H2,1-2H3,(H,31,34)/b20-14-. The van der Waals surface area contributed by atoms with Gasteiger partial charge in [-0.2, -0.15) is 17.5 Å². The van der Waals surface area contributed by atoms with Crippen molar-refractivity contribution in [2.24, 2.45) is 0 Å². The average Bonchev–Trinajstić information content (AvgIpc) is 3.17. The molecule has 7 nitrogen and oxygen atoms in total. The zero-order valence-electron chi connectivity index (χ0n) is 19.8. The molecule has 0 aliphatic heterocycles. The lowest BCUT2D eigenvalue weighted by molar-refractivity contribution is -0.143. The highest BCUT2D eigenvalue weighted by atomic mass is 35.5. The van der Waals surface area contributed by atoms with Gasteiger partial charge in [0, 0.05) is 12.7 Å². The van der Waals surface area contributed by atoms with Crippen LogP contribution >= 0.6 is 23.1 Å². The van der Waals surface area contributed by atoms with Crippen LogP contribution in [0.4, 0.5) is 18.2 Å². The molecule has 0 fully saturated rings. The van der Waals surface area contributed by atoms with Gasteiger partial charge >= 0.3 is 12.1 Å². The summed E-state index contributed by atoms with van der Waals surface area (Å²) in [5.41, 5.74) is 0.567. The molecule has 0 aliphatic rings. The SMILES string of the molecule is CCOC(=O)CCN/C=C(\C(=O)Nc1snc(C)c1Cl)c1ccc(Oc2ccc(C(F)(F)F)cc2)cc1. The van der Waals surface area contributed by atoms with Gasteiger partial charge in [-0.05, 0) is 67.3 Å². The fourth-order valence-corrected chi connectivity index (χ4v) is 3.95. The van der Waals surface area contributed by atoms with E-state index in [1.54, 1.807) is 38.1 Å². The summed E-state index contributed by atoms with van der Waals surface area (Å²) in [7, 11) is 0. The molecule has 3 aromatic rings. The summed E-state index contributed by atoms with van der Waals surface area (Å²) in [5, 5.41) is 6.41. The average molecular weight is 554 g/mol. The number of aromatic nitrogens is 1. The summed E-state index contributed by atoms with van der Waals surface area (Å²) in [6.45, 7) is 3.95. The smallest absolute Gasteiger partial charge is 0.416 e. The van der Waals surface area contributed by atoms with E-state index in [0.717, 1.165) is 23.7 Å². The lowest BCUT2D eigenvalue weighted by Gasteiger charge is -2.12. The van der Waals surface area contributed by atoms with Crippen LogP contribution in [0.25, 0.3) is 5.57 Å². The number of rotatable bonds is 10. The largest absolute Gasteiger partial charge is 0.466 e. The summed E-state index contributed by atoms with van der Waals surface area (Å²) >= 11 is 7.24. The highest BCUT2D eigenvalue weighted by Gasteiger charge is 2.30. The van der Waals surface area contributed by atoms with E-state index in [2.05, 4.69) is 15.0 Å². The van der Waals surface area contributed by atoms with Crippen molar-refractivity contribution in [1.29, 1.82) is 0 Å². The van der Waals surface area contributed by atoms with E-state index < -0.39 is 17.6 Å². The molecule has 196 valence electrons. The first-order chi connectivity index (χ1) is 17.6. The van der Waals surface area contributed by atoms with Gasteiger partial charge in [0.25, 0.3) is 5.91 Å². The number of halogens is 4. The van der Waals surface area contributed by atoms with Gasteiger partial charge < -0.3 is 20.1 Å². The van der Waals surface area contributed by atoms with E-state index in [-0.39, 0.29) is 36.9 Å². The van der Waals surface area contributed by atoms with E-state index in [1.807, 2.05) is 0 Å². The maximum Gasteiger partial charge on any atom is 0.416 e. The Kier molecular flexibility index (Phi) is 9.54. The highest BCUT2D eigenvalue weighted by molar-refractivity contribution is 7.11. The Morgan fingerprint density at radius 2 is 1.70 bits per heavy atom. The number of nitrogens with zero attached hydrogens (tertiary/aromatic N) is 1. The van der Waals surface area contributed by atoms with Gasteiger partial charge in [0.1, 0.15) is 16.5 Å². The predicted molar refractivity (Wildman–Crippen MR) is 136 cm³/mol. The first-order valence-electron chi connectivity index (χ1n) is 11.1. The van der Waals surface area contributed by atoms with Crippen molar-refractivity contribution < 1.29 is 32.2 Å². The van der Waals surface area contributed by atoms with Crippen LogP contribution in [0, 0.1) is 6.92 Å². The second-order valence-corrected chi connectivity index (χ2v) is 8.73. The minimum atomic E-state index is -4.43. The molecule has 1 amide bonds. The zero-order valence-corrected chi connectivity index (χ0v) is 21.4. The van der Waals surface area contributed by atoms with Gasteiger partial charge in [0.15, 0.2) is 0 Å². The number of amides is 1. The molecule has 1 aromatic heterocycles. The zero-order chi connectivity index (χ0) is 27.0. The first kappa shape index (κ1) is 28.0. The van der Waals surface area contributed by atoms with Gasteiger partial charge in [-0.15, -0.1) is 0 Å². The summed E-state index contributed by atoms with van der Waals surface area (Å²) < 4.78 is 52.9. The number of aryl methyl sites for hydroxylation is 1. The van der Waals surface area contributed by atoms with Crippen LogP contribution in [0.3, 0.4) is 0 Å². The third kappa shape index (κ3) is 7.96. The molecule has 2 N–H and O–H groups in total. The predicted octanol–water partition coefficient (Wildman–Crippen LogP) is 6.44. The Morgan fingerprint density at radius 3 is 2.24 bits per heavy atom. The number of anilines is 1. The molecule has 0 saturated carbocycles. The number of hydrogen-bond acceptors (Lipinski definition) is 7. The second-order valence-electron chi connectivity index (χ2n) is 7.58. The Morgan fingerprint density at radius 1 is 1.08 bits per heavy atom. The molecule has 0 bridgehead atoms. The summed E-state index contributed by atoms with van der Waals surface area (Å²) in [6.07, 6.45) is -2.85. The Hall–Kier alpha value is -3.57. The normalized spacial score (nSPS) is 11.7. The molecule has 0 unspecified atom stereocenters. The molecule has 1 heterocycles. The van der Waals surface area contributed by atoms with E-state index in [1.165, 1.54) is 18.3 Å². The molecule has 0 aliphatic carbocycles. The minimum Gasteiger partial charge on any atom is -0.466 e. The number of benzene rings is 2. The van der Waals surface area contributed by atoms with Gasteiger partial charge in [-0.25, -0.2) is 0 Å². The van der Waals surface area contributed by atoms with Crippen molar-refractivity contribution in [3.05, 3.63) is 76.6 Å². The van der Waals surface area contributed by atoms with Crippen molar-refractivity contribution in [2.75, 3.05) is 18.5 Å². The highest BCUT2D eigenvalue weighted by Crippen LogP contribution is 2.33. The topological polar surface area (TPSA) is 89.5 Å². The molecule has 37 heavy (non-hydrogen) atoms. The maximum absolute atomic E-state index is 13.1. The van der Waals surface area contributed by atoms with Gasteiger partial charge in [-0.1, -0.05) is 23.7 Å². The number of alkyl halides is 3. The van der Waals surface area contributed by atoms with E-state index in [9.17, 15) is 22.8 Å². The van der Waals surface area contributed by atoms with Gasteiger partial charge in [0.05, 0.1) is 34.9 Å². The van der Waals surface area contributed by atoms with Crippen molar-refractivity contribution >= 4 is 45.6 Å². The summed E-state index contributed by atoms with van der Waals surface area (Å²) in [4.78, 5) is 24.7. The van der Waals surface area contributed by atoms with Crippen LogP contribution in [0.15, 0.2) is 54.7 Å². The van der Waals surface area contributed by atoms with Crippen LogP contribution in [0.1, 0.15) is 30.2 Å². The molecule has 0 spiro atoms. The number of hydrogen-bond donors (Lipinski definition) is 2. The minimum absolute atomic E-state index is 0.110.